The highest BCUT2D eigenvalue weighted by atomic mass is 127. The van der Waals surface area contributed by atoms with Crippen molar-refractivity contribution in [3.05, 3.63) is 41.2 Å². The van der Waals surface area contributed by atoms with E-state index in [-0.39, 0.29) is 12.1 Å². The molecule has 106 valence electrons. The minimum atomic E-state index is -2.54. The number of benzene rings is 1. The molecule has 20 heavy (non-hydrogen) atoms. The Balaban J connectivity index is 2.25. The molecule has 0 aliphatic carbocycles. The molecule has 0 atom stereocenters. The Kier molecular flexibility index (Phi) is 4.95. The van der Waals surface area contributed by atoms with Gasteiger partial charge in [-0.05, 0) is 17.3 Å². The van der Waals surface area contributed by atoms with Gasteiger partial charge >= 0.3 is 0 Å². The number of anilines is 1. The fourth-order valence-electron chi connectivity index (χ4n) is 1.53. The van der Waals surface area contributed by atoms with Crippen LogP contribution in [0.25, 0.3) is 0 Å². The fourth-order valence-corrected chi connectivity index (χ4v) is 1.88. The van der Waals surface area contributed by atoms with Gasteiger partial charge in [0.2, 0.25) is 0 Å². The number of nitrogens with one attached hydrogen (secondary N) is 1. The summed E-state index contributed by atoms with van der Waals surface area (Å²) in [5, 5.41) is 10.2. The highest BCUT2D eigenvalue weighted by Gasteiger charge is 2.16. The summed E-state index contributed by atoms with van der Waals surface area (Å²) in [6, 6.07) is 5.85. The summed E-state index contributed by atoms with van der Waals surface area (Å²) in [4.78, 5) is 0. The van der Waals surface area contributed by atoms with Gasteiger partial charge in [0.1, 0.15) is 5.69 Å². The van der Waals surface area contributed by atoms with Gasteiger partial charge in [0.05, 0.1) is 22.9 Å². The van der Waals surface area contributed by atoms with Crippen molar-refractivity contribution in [3.63, 3.8) is 0 Å². The van der Waals surface area contributed by atoms with Crippen LogP contribution in [-0.4, -0.2) is 16.1 Å². The van der Waals surface area contributed by atoms with Gasteiger partial charge in [-0.2, -0.15) is 3.21 Å². The van der Waals surface area contributed by atoms with Gasteiger partial charge in [-0.1, -0.05) is 17.3 Å². The summed E-state index contributed by atoms with van der Waals surface area (Å²) in [7, 11) is 0. The summed E-state index contributed by atoms with van der Waals surface area (Å²) >= 11 is 1.76. The van der Waals surface area contributed by atoms with E-state index < -0.39 is 6.43 Å². The lowest BCUT2D eigenvalue weighted by atomic mass is 10.2. The predicted molar refractivity (Wildman–Crippen MR) is 77.8 cm³/mol. The van der Waals surface area contributed by atoms with Crippen LogP contribution in [0.5, 0.6) is 0 Å². The highest BCUT2D eigenvalue weighted by Crippen LogP contribution is 2.22. The molecule has 0 aliphatic rings. The van der Waals surface area contributed by atoms with Crippen LogP contribution in [0.4, 0.5) is 14.5 Å². The second-order valence-corrected chi connectivity index (χ2v) is 4.23. The Morgan fingerprint density at radius 3 is 2.90 bits per heavy atom. The van der Waals surface area contributed by atoms with Gasteiger partial charge in [-0.15, -0.1) is 0 Å². The second-order valence-electron chi connectivity index (χ2n) is 3.75. The van der Waals surface area contributed by atoms with E-state index in [0.717, 1.165) is 0 Å². The van der Waals surface area contributed by atoms with Crippen molar-refractivity contribution in [2.24, 2.45) is 8.94 Å². The minimum Gasteiger partial charge on any atom is -0.338 e. The smallest absolute Gasteiger partial charge is 0.263 e. The second kappa shape index (κ2) is 6.70. The molecule has 2 rings (SSSR count). The number of rotatable bonds is 4. The molecular formula is C11H10F2IN5O. The van der Waals surface area contributed by atoms with E-state index in [1.165, 1.54) is 18.2 Å². The minimum absolute atomic E-state index is 0.0832. The highest BCUT2D eigenvalue weighted by molar-refractivity contribution is 14.1. The van der Waals surface area contributed by atoms with Crippen LogP contribution in [0.2, 0.25) is 0 Å². The average Bonchev–Trinajstić information content (AvgIpc) is 2.93. The molecular weight excluding hydrogens is 383 g/mol. The molecule has 3 N–H and O–H groups in total. The van der Waals surface area contributed by atoms with E-state index >= 15 is 0 Å². The zero-order valence-corrected chi connectivity index (χ0v) is 12.2. The lowest BCUT2D eigenvalue weighted by Gasteiger charge is -2.08. The van der Waals surface area contributed by atoms with Gasteiger partial charge in [0.15, 0.2) is 11.5 Å². The third-order valence-electron chi connectivity index (χ3n) is 2.46. The van der Waals surface area contributed by atoms with Crippen LogP contribution >= 0.6 is 22.9 Å². The van der Waals surface area contributed by atoms with E-state index in [0.29, 0.717) is 22.9 Å². The van der Waals surface area contributed by atoms with Gasteiger partial charge in [-0.25, -0.2) is 13.4 Å². The Hall–Kier alpha value is -1.62. The Labute approximate surface area is 126 Å². The third-order valence-corrected chi connectivity index (χ3v) is 2.94. The third kappa shape index (κ3) is 3.28. The van der Waals surface area contributed by atoms with Crippen LogP contribution < -0.4 is 11.1 Å². The maximum absolute atomic E-state index is 12.6. The van der Waals surface area contributed by atoms with Crippen molar-refractivity contribution in [1.29, 1.82) is 0 Å². The molecule has 0 fully saturated rings. The SMILES string of the molecule is NCc1nonc1/C(=N/I)Nc1cccc(C(F)F)c1. The summed E-state index contributed by atoms with van der Waals surface area (Å²) in [6.07, 6.45) is -2.54. The molecule has 0 saturated heterocycles. The van der Waals surface area contributed by atoms with Gasteiger partial charge < -0.3 is 11.1 Å². The Morgan fingerprint density at radius 2 is 2.25 bits per heavy atom. The quantitative estimate of drug-likeness (QED) is 0.474. The maximum atomic E-state index is 12.6. The van der Waals surface area contributed by atoms with E-state index in [9.17, 15) is 8.78 Å². The number of nitrogens with zero attached hydrogens (tertiary/aromatic N) is 3. The predicted octanol–water partition coefficient (Wildman–Crippen LogP) is 2.67. The first-order valence-corrected chi connectivity index (χ1v) is 6.48. The van der Waals surface area contributed by atoms with Gasteiger partial charge in [0, 0.05) is 17.8 Å². The van der Waals surface area contributed by atoms with Gasteiger partial charge in [0.25, 0.3) is 6.43 Å². The molecule has 0 unspecified atom stereocenters. The number of nitrogens with two attached hydrogens (primary N) is 1. The fraction of sp³-hybridized carbons (Fsp3) is 0.182. The first-order chi connectivity index (χ1) is 9.65. The standard InChI is InChI=1S/C11H10F2IN5O/c12-10(13)6-2-1-3-7(4-6)16-11(17-14)9-8(5-15)18-20-19-9/h1-4,10H,5,15H2,(H,16,17). The van der Waals surface area contributed by atoms with Crippen molar-refractivity contribution < 1.29 is 13.4 Å². The van der Waals surface area contributed by atoms with Crippen molar-refractivity contribution >= 4 is 34.4 Å². The Bertz CT molecular complexity index is 616. The molecule has 0 saturated carbocycles. The van der Waals surface area contributed by atoms with E-state index in [2.05, 4.69) is 23.5 Å². The molecule has 1 aromatic carbocycles. The van der Waals surface area contributed by atoms with Crippen molar-refractivity contribution in [1.82, 2.24) is 10.3 Å². The normalized spacial score (nSPS) is 11.9. The van der Waals surface area contributed by atoms with Crippen molar-refractivity contribution in [2.75, 3.05) is 5.32 Å². The maximum Gasteiger partial charge on any atom is 0.263 e. The summed E-state index contributed by atoms with van der Waals surface area (Å²) in [6.45, 7) is 0.132. The van der Waals surface area contributed by atoms with Gasteiger partial charge in [-0.3, -0.25) is 0 Å². The molecule has 0 radical (unpaired) electrons. The summed E-state index contributed by atoms with van der Waals surface area (Å²) in [5.74, 6) is 0.332. The largest absolute Gasteiger partial charge is 0.338 e. The first kappa shape index (κ1) is 14.8. The average molecular weight is 393 g/mol. The van der Waals surface area contributed by atoms with Crippen molar-refractivity contribution in [2.45, 2.75) is 13.0 Å². The summed E-state index contributed by atoms with van der Waals surface area (Å²) in [5.41, 5.74) is 6.66. The monoisotopic (exact) mass is 393 g/mol. The number of halogens is 3. The van der Waals surface area contributed by atoms with Crippen molar-refractivity contribution in [3.8, 4) is 0 Å². The molecule has 9 heteroatoms. The number of hydrogen-bond acceptors (Lipinski definition) is 5. The molecule has 1 aromatic heterocycles. The van der Waals surface area contributed by atoms with E-state index in [1.54, 1.807) is 28.9 Å². The zero-order chi connectivity index (χ0) is 14.5. The summed E-state index contributed by atoms with van der Waals surface area (Å²) < 4.78 is 33.9. The zero-order valence-electron chi connectivity index (χ0n) is 10.1. The lowest BCUT2D eigenvalue weighted by molar-refractivity contribution is 0.151. The molecule has 0 bridgehead atoms. The van der Waals surface area contributed by atoms with Crippen LogP contribution in [0.3, 0.4) is 0 Å². The Morgan fingerprint density at radius 1 is 1.45 bits per heavy atom. The molecule has 0 aliphatic heterocycles. The first-order valence-electron chi connectivity index (χ1n) is 5.51. The van der Waals surface area contributed by atoms with Crippen LogP contribution in [-0.2, 0) is 6.54 Å². The van der Waals surface area contributed by atoms with Crippen LogP contribution in [0.15, 0.2) is 32.1 Å². The number of alkyl halides is 2. The number of aromatic nitrogens is 2. The molecule has 6 nitrogen and oxygen atoms in total. The van der Waals surface area contributed by atoms with Crippen LogP contribution in [0.1, 0.15) is 23.4 Å². The molecule has 2 aromatic rings. The molecule has 0 spiro atoms. The van der Waals surface area contributed by atoms with Crippen LogP contribution in [0, 0.1) is 0 Å². The molecule has 1 heterocycles. The number of hydrogen-bond donors (Lipinski definition) is 2. The van der Waals surface area contributed by atoms with E-state index in [4.69, 9.17) is 5.73 Å². The van der Waals surface area contributed by atoms with E-state index in [1.807, 2.05) is 0 Å². The lowest BCUT2D eigenvalue weighted by Crippen LogP contribution is -2.16. The number of amidine groups is 1. The topological polar surface area (TPSA) is 89.3 Å². The molecule has 0 amide bonds.